The molecule has 1 aliphatic heterocycles. The topological polar surface area (TPSA) is 32.3 Å². The smallest absolute Gasteiger partial charge is 0.227 e. The Bertz CT molecular complexity index is 254. The molecular weight excluding hydrogens is 188 g/mol. The molecule has 1 saturated heterocycles. The third-order valence-corrected chi connectivity index (χ3v) is 4.39. The Morgan fingerprint density at radius 2 is 2.20 bits per heavy atom. The molecule has 0 spiro atoms. The van der Waals surface area contributed by atoms with Crippen molar-refractivity contribution in [3.63, 3.8) is 0 Å². The van der Waals surface area contributed by atoms with E-state index in [0.717, 1.165) is 19.5 Å². The van der Waals surface area contributed by atoms with Crippen LogP contribution in [-0.2, 0) is 4.79 Å². The van der Waals surface area contributed by atoms with E-state index in [1.165, 1.54) is 12.8 Å². The molecule has 2 aliphatic rings. The van der Waals surface area contributed by atoms with Crippen molar-refractivity contribution in [3.05, 3.63) is 0 Å². The van der Waals surface area contributed by atoms with Gasteiger partial charge in [0, 0.05) is 19.6 Å². The molecule has 1 amide bonds. The molecule has 3 nitrogen and oxygen atoms in total. The lowest BCUT2D eigenvalue weighted by molar-refractivity contribution is -0.136. The number of hydrogen-bond donors (Lipinski definition) is 1. The molecule has 15 heavy (non-hydrogen) atoms. The van der Waals surface area contributed by atoms with Crippen LogP contribution in [0.1, 0.15) is 33.1 Å². The first-order valence-electron chi connectivity index (χ1n) is 6.02. The second-order valence-electron chi connectivity index (χ2n) is 5.47. The zero-order valence-electron chi connectivity index (χ0n) is 10.0. The fourth-order valence-corrected chi connectivity index (χ4v) is 2.43. The standard InChI is InChI=1S/C12H22N2O/c1-9(12(2)5-6-12)14(3)11(15)10-4-7-13-8-10/h9-10,13H,4-8H2,1-3H3. The molecule has 0 aromatic carbocycles. The van der Waals surface area contributed by atoms with Crippen LogP contribution >= 0.6 is 0 Å². The lowest BCUT2D eigenvalue weighted by Crippen LogP contribution is -2.43. The maximum Gasteiger partial charge on any atom is 0.227 e. The fourth-order valence-electron chi connectivity index (χ4n) is 2.43. The molecule has 0 radical (unpaired) electrons. The third kappa shape index (κ3) is 2.03. The average Bonchev–Trinajstić information content (AvgIpc) is 2.80. The van der Waals surface area contributed by atoms with Crippen LogP contribution in [0.5, 0.6) is 0 Å². The molecule has 1 saturated carbocycles. The first-order valence-corrected chi connectivity index (χ1v) is 6.02. The number of nitrogens with one attached hydrogen (secondary N) is 1. The maximum absolute atomic E-state index is 12.1. The Morgan fingerprint density at radius 1 is 1.53 bits per heavy atom. The molecule has 1 aliphatic carbocycles. The van der Waals surface area contributed by atoms with Crippen molar-refractivity contribution in [2.24, 2.45) is 11.3 Å². The highest BCUT2D eigenvalue weighted by Crippen LogP contribution is 2.49. The average molecular weight is 210 g/mol. The van der Waals surface area contributed by atoms with Gasteiger partial charge in [-0.05, 0) is 38.1 Å². The van der Waals surface area contributed by atoms with Gasteiger partial charge in [0.1, 0.15) is 0 Å². The Balaban J connectivity index is 1.94. The highest BCUT2D eigenvalue weighted by atomic mass is 16.2. The summed E-state index contributed by atoms with van der Waals surface area (Å²) in [5.74, 6) is 0.556. The highest BCUT2D eigenvalue weighted by Gasteiger charge is 2.45. The van der Waals surface area contributed by atoms with E-state index in [2.05, 4.69) is 19.2 Å². The first-order chi connectivity index (χ1) is 7.04. The van der Waals surface area contributed by atoms with Crippen LogP contribution in [0, 0.1) is 11.3 Å². The molecule has 1 heterocycles. The monoisotopic (exact) mass is 210 g/mol. The molecular formula is C12H22N2O. The fraction of sp³-hybridized carbons (Fsp3) is 0.917. The molecule has 2 rings (SSSR count). The van der Waals surface area contributed by atoms with Crippen molar-refractivity contribution >= 4 is 5.91 Å². The van der Waals surface area contributed by atoms with Crippen LogP contribution in [0.25, 0.3) is 0 Å². The minimum Gasteiger partial charge on any atom is -0.342 e. The maximum atomic E-state index is 12.1. The van der Waals surface area contributed by atoms with E-state index < -0.39 is 0 Å². The van der Waals surface area contributed by atoms with Crippen LogP contribution in [0.2, 0.25) is 0 Å². The van der Waals surface area contributed by atoms with Gasteiger partial charge in [0.15, 0.2) is 0 Å². The van der Waals surface area contributed by atoms with Crippen molar-refractivity contribution in [2.45, 2.75) is 39.2 Å². The summed E-state index contributed by atoms with van der Waals surface area (Å²) in [6.07, 6.45) is 3.55. The van der Waals surface area contributed by atoms with Gasteiger partial charge < -0.3 is 10.2 Å². The van der Waals surface area contributed by atoms with E-state index in [4.69, 9.17) is 0 Å². The quantitative estimate of drug-likeness (QED) is 0.760. The van der Waals surface area contributed by atoms with Crippen molar-refractivity contribution in [1.82, 2.24) is 10.2 Å². The SMILES string of the molecule is CC(N(C)C(=O)C1CCNC1)C1(C)CC1. The summed E-state index contributed by atoms with van der Waals surface area (Å²) in [6, 6.07) is 0.394. The van der Waals surface area contributed by atoms with Crippen LogP contribution < -0.4 is 5.32 Å². The second kappa shape index (κ2) is 3.78. The molecule has 3 heteroatoms. The van der Waals surface area contributed by atoms with Crippen molar-refractivity contribution in [2.75, 3.05) is 20.1 Å². The molecule has 0 aromatic rings. The number of rotatable bonds is 3. The van der Waals surface area contributed by atoms with Crippen LogP contribution in [0.4, 0.5) is 0 Å². The zero-order chi connectivity index (χ0) is 11.1. The zero-order valence-corrected chi connectivity index (χ0v) is 10.0. The van der Waals surface area contributed by atoms with E-state index >= 15 is 0 Å². The lowest BCUT2D eigenvalue weighted by atomic mass is 9.97. The number of nitrogens with zero attached hydrogens (tertiary/aromatic N) is 1. The van der Waals surface area contributed by atoms with Gasteiger partial charge in [0.25, 0.3) is 0 Å². The molecule has 2 unspecified atom stereocenters. The first kappa shape index (κ1) is 10.9. The van der Waals surface area contributed by atoms with Gasteiger partial charge in [-0.3, -0.25) is 4.79 Å². The van der Waals surface area contributed by atoms with Gasteiger partial charge in [0.05, 0.1) is 5.92 Å². The van der Waals surface area contributed by atoms with E-state index in [1.54, 1.807) is 0 Å². The van der Waals surface area contributed by atoms with E-state index in [9.17, 15) is 4.79 Å². The van der Waals surface area contributed by atoms with Gasteiger partial charge in [-0.2, -0.15) is 0 Å². The summed E-state index contributed by atoms with van der Waals surface area (Å²) in [4.78, 5) is 14.1. The van der Waals surface area contributed by atoms with Crippen LogP contribution in [-0.4, -0.2) is 37.0 Å². The molecule has 2 fully saturated rings. The summed E-state index contributed by atoms with van der Waals surface area (Å²) in [7, 11) is 1.97. The van der Waals surface area contributed by atoms with E-state index in [-0.39, 0.29) is 5.92 Å². The number of hydrogen-bond acceptors (Lipinski definition) is 2. The van der Waals surface area contributed by atoms with Crippen molar-refractivity contribution in [3.8, 4) is 0 Å². The Labute approximate surface area is 92.2 Å². The lowest BCUT2D eigenvalue weighted by Gasteiger charge is -2.31. The van der Waals surface area contributed by atoms with Crippen LogP contribution in [0.3, 0.4) is 0 Å². The normalized spacial score (nSPS) is 29.9. The van der Waals surface area contributed by atoms with Gasteiger partial charge in [-0.15, -0.1) is 0 Å². The Hall–Kier alpha value is -0.570. The summed E-state index contributed by atoms with van der Waals surface area (Å²) >= 11 is 0. The van der Waals surface area contributed by atoms with Crippen LogP contribution in [0.15, 0.2) is 0 Å². The highest BCUT2D eigenvalue weighted by molar-refractivity contribution is 5.79. The number of carbonyl (C=O) groups excluding carboxylic acids is 1. The molecule has 0 bridgehead atoms. The summed E-state index contributed by atoms with van der Waals surface area (Å²) in [5.41, 5.74) is 0.399. The molecule has 0 aromatic heterocycles. The largest absolute Gasteiger partial charge is 0.342 e. The number of carbonyl (C=O) groups is 1. The van der Waals surface area contributed by atoms with Gasteiger partial charge in [-0.25, -0.2) is 0 Å². The minimum absolute atomic E-state index is 0.222. The minimum atomic E-state index is 0.222. The van der Waals surface area contributed by atoms with E-state index in [1.807, 2.05) is 11.9 Å². The molecule has 1 N–H and O–H groups in total. The van der Waals surface area contributed by atoms with Crippen molar-refractivity contribution < 1.29 is 4.79 Å². The predicted molar refractivity (Wildman–Crippen MR) is 60.5 cm³/mol. The molecule has 86 valence electrons. The second-order valence-corrected chi connectivity index (χ2v) is 5.47. The van der Waals surface area contributed by atoms with Crippen molar-refractivity contribution in [1.29, 1.82) is 0 Å². The molecule has 2 atom stereocenters. The Morgan fingerprint density at radius 3 is 2.67 bits per heavy atom. The van der Waals surface area contributed by atoms with Gasteiger partial charge in [0.2, 0.25) is 5.91 Å². The predicted octanol–water partition coefficient (Wildman–Crippen LogP) is 1.24. The summed E-state index contributed by atoms with van der Waals surface area (Å²) in [5, 5.41) is 3.25. The van der Waals surface area contributed by atoms with Gasteiger partial charge in [-0.1, -0.05) is 6.92 Å². The summed E-state index contributed by atoms with van der Waals surface area (Å²) < 4.78 is 0. The third-order valence-electron chi connectivity index (χ3n) is 4.39. The van der Waals surface area contributed by atoms with E-state index in [0.29, 0.717) is 17.4 Å². The Kier molecular flexibility index (Phi) is 2.75. The summed E-state index contributed by atoms with van der Waals surface area (Å²) in [6.45, 7) is 6.34. The number of amides is 1. The van der Waals surface area contributed by atoms with Gasteiger partial charge >= 0.3 is 0 Å².